The third kappa shape index (κ3) is 6.45. The summed E-state index contributed by atoms with van der Waals surface area (Å²) in [7, 11) is 2.14. The minimum atomic E-state index is -0.824. The SMILES string of the molecule is CN1CCN(c2ccc(CCCNC(=O)C(=O)Nc3cc(Cl)ccc3C#N)cc2)CC1. The Balaban J connectivity index is 1.41. The summed E-state index contributed by atoms with van der Waals surface area (Å²) in [4.78, 5) is 28.8. The van der Waals surface area contributed by atoms with E-state index in [1.165, 1.54) is 23.4 Å². The first-order chi connectivity index (χ1) is 15.0. The number of hydrogen-bond acceptors (Lipinski definition) is 5. The molecule has 3 rings (SSSR count). The summed E-state index contributed by atoms with van der Waals surface area (Å²) in [6.45, 7) is 4.60. The van der Waals surface area contributed by atoms with Gasteiger partial charge in [-0.2, -0.15) is 5.26 Å². The Morgan fingerprint density at radius 1 is 1.06 bits per heavy atom. The molecule has 1 aliphatic heterocycles. The van der Waals surface area contributed by atoms with Gasteiger partial charge in [-0.3, -0.25) is 9.59 Å². The van der Waals surface area contributed by atoms with Crippen molar-refractivity contribution in [3.8, 4) is 6.07 Å². The lowest BCUT2D eigenvalue weighted by atomic mass is 10.1. The van der Waals surface area contributed by atoms with Crippen LogP contribution in [-0.2, 0) is 16.0 Å². The summed E-state index contributed by atoms with van der Waals surface area (Å²) in [5, 5.41) is 14.5. The van der Waals surface area contributed by atoms with E-state index in [0.717, 1.165) is 32.6 Å². The summed E-state index contributed by atoms with van der Waals surface area (Å²) in [6, 6.07) is 15.0. The molecule has 2 aromatic carbocycles. The second kappa shape index (κ2) is 10.8. The van der Waals surface area contributed by atoms with Crippen LogP contribution in [0.4, 0.5) is 11.4 Å². The van der Waals surface area contributed by atoms with Crippen LogP contribution in [0.25, 0.3) is 0 Å². The third-order valence-corrected chi connectivity index (χ3v) is 5.52. The zero-order chi connectivity index (χ0) is 22.2. The van der Waals surface area contributed by atoms with Crippen molar-refractivity contribution in [3.05, 3.63) is 58.6 Å². The van der Waals surface area contributed by atoms with Crippen molar-refractivity contribution in [1.82, 2.24) is 10.2 Å². The Bertz CT molecular complexity index is 963. The molecule has 2 amide bonds. The zero-order valence-electron chi connectivity index (χ0n) is 17.5. The number of benzene rings is 2. The zero-order valence-corrected chi connectivity index (χ0v) is 18.3. The quantitative estimate of drug-likeness (QED) is 0.533. The molecule has 162 valence electrons. The summed E-state index contributed by atoms with van der Waals surface area (Å²) in [5.74, 6) is -1.57. The number of piperazine rings is 1. The molecule has 1 fully saturated rings. The van der Waals surface area contributed by atoms with E-state index in [1.54, 1.807) is 6.07 Å². The van der Waals surface area contributed by atoms with Crippen LogP contribution in [0.3, 0.4) is 0 Å². The lowest BCUT2D eigenvalue weighted by Gasteiger charge is -2.34. The van der Waals surface area contributed by atoms with Gasteiger partial charge in [-0.1, -0.05) is 23.7 Å². The Labute approximate surface area is 187 Å². The molecule has 0 radical (unpaired) electrons. The number of likely N-dealkylation sites (N-methyl/N-ethyl adjacent to an activating group) is 1. The average Bonchev–Trinajstić information content (AvgIpc) is 2.77. The van der Waals surface area contributed by atoms with E-state index >= 15 is 0 Å². The van der Waals surface area contributed by atoms with Gasteiger partial charge in [0.1, 0.15) is 6.07 Å². The maximum Gasteiger partial charge on any atom is 0.313 e. The topological polar surface area (TPSA) is 88.5 Å². The molecule has 0 atom stereocenters. The van der Waals surface area contributed by atoms with Gasteiger partial charge >= 0.3 is 11.8 Å². The summed E-state index contributed by atoms with van der Waals surface area (Å²) in [5.41, 5.74) is 2.88. The van der Waals surface area contributed by atoms with Gasteiger partial charge < -0.3 is 20.4 Å². The second-order valence-corrected chi connectivity index (χ2v) is 8.01. The van der Waals surface area contributed by atoms with Crippen molar-refractivity contribution in [1.29, 1.82) is 5.26 Å². The van der Waals surface area contributed by atoms with Gasteiger partial charge in [0.15, 0.2) is 0 Å². The Hall–Kier alpha value is -3.08. The van der Waals surface area contributed by atoms with Crippen molar-refractivity contribution in [2.24, 2.45) is 0 Å². The maximum absolute atomic E-state index is 12.1. The number of carbonyl (C=O) groups excluding carboxylic acids is 2. The van der Waals surface area contributed by atoms with Crippen LogP contribution in [-0.4, -0.2) is 56.5 Å². The Morgan fingerprint density at radius 2 is 1.77 bits per heavy atom. The van der Waals surface area contributed by atoms with Crippen molar-refractivity contribution >= 4 is 34.8 Å². The summed E-state index contributed by atoms with van der Waals surface area (Å²) in [6.07, 6.45) is 1.52. The Kier molecular flexibility index (Phi) is 7.88. The van der Waals surface area contributed by atoms with Crippen LogP contribution in [0.15, 0.2) is 42.5 Å². The number of nitriles is 1. The number of rotatable bonds is 6. The fourth-order valence-corrected chi connectivity index (χ4v) is 3.58. The predicted octanol–water partition coefficient (Wildman–Crippen LogP) is 2.65. The van der Waals surface area contributed by atoms with Crippen molar-refractivity contribution in [3.63, 3.8) is 0 Å². The molecule has 1 heterocycles. The number of hydrogen-bond donors (Lipinski definition) is 2. The number of anilines is 2. The van der Waals surface area contributed by atoms with Gasteiger partial charge in [-0.25, -0.2) is 0 Å². The number of nitrogens with zero attached hydrogens (tertiary/aromatic N) is 3. The van der Waals surface area contributed by atoms with Crippen molar-refractivity contribution in [2.75, 3.05) is 50.0 Å². The van der Waals surface area contributed by atoms with Gasteiger partial charge in [-0.15, -0.1) is 0 Å². The highest BCUT2D eigenvalue weighted by Gasteiger charge is 2.16. The number of nitrogens with one attached hydrogen (secondary N) is 2. The second-order valence-electron chi connectivity index (χ2n) is 7.57. The monoisotopic (exact) mass is 439 g/mol. The molecule has 0 spiro atoms. The van der Waals surface area contributed by atoms with E-state index in [4.69, 9.17) is 16.9 Å². The molecule has 7 nitrogen and oxygen atoms in total. The van der Waals surface area contributed by atoms with E-state index < -0.39 is 11.8 Å². The number of carbonyl (C=O) groups is 2. The molecule has 31 heavy (non-hydrogen) atoms. The number of halogens is 1. The van der Waals surface area contributed by atoms with Crippen LogP contribution < -0.4 is 15.5 Å². The molecule has 0 aliphatic carbocycles. The Morgan fingerprint density at radius 3 is 2.45 bits per heavy atom. The highest BCUT2D eigenvalue weighted by molar-refractivity contribution is 6.40. The van der Waals surface area contributed by atoms with Crippen LogP contribution >= 0.6 is 11.6 Å². The summed E-state index contributed by atoms with van der Waals surface area (Å²) < 4.78 is 0. The highest BCUT2D eigenvalue weighted by Crippen LogP contribution is 2.20. The summed E-state index contributed by atoms with van der Waals surface area (Å²) >= 11 is 5.89. The van der Waals surface area contributed by atoms with E-state index in [1.807, 2.05) is 6.07 Å². The lowest BCUT2D eigenvalue weighted by molar-refractivity contribution is -0.136. The van der Waals surface area contributed by atoms with E-state index in [0.29, 0.717) is 18.0 Å². The molecule has 0 unspecified atom stereocenters. The molecule has 2 N–H and O–H groups in total. The maximum atomic E-state index is 12.1. The fourth-order valence-electron chi connectivity index (χ4n) is 3.41. The largest absolute Gasteiger partial charge is 0.369 e. The van der Waals surface area contributed by atoms with Gasteiger partial charge in [0, 0.05) is 43.4 Å². The van der Waals surface area contributed by atoms with Crippen molar-refractivity contribution < 1.29 is 9.59 Å². The standard InChI is InChI=1S/C23H26ClN5O2/c1-28-11-13-29(14-12-28)20-8-4-17(5-9-20)3-2-10-26-22(30)23(31)27-21-15-19(24)7-6-18(21)16-25/h4-9,15H,2-3,10-14H2,1H3,(H,26,30)(H,27,31). The van der Waals surface area contributed by atoms with Crippen LogP contribution in [0.2, 0.25) is 5.02 Å². The number of amides is 2. The molecule has 2 aromatic rings. The van der Waals surface area contributed by atoms with Gasteiger partial charge in [0.25, 0.3) is 0 Å². The third-order valence-electron chi connectivity index (χ3n) is 5.29. The lowest BCUT2D eigenvalue weighted by Crippen LogP contribution is -2.44. The molecule has 1 aliphatic rings. The van der Waals surface area contributed by atoms with Gasteiger partial charge in [0.2, 0.25) is 0 Å². The molecule has 8 heteroatoms. The van der Waals surface area contributed by atoms with Crippen molar-refractivity contribution in [2.45, 2.75) is 12.8 Å². The minimum Gasteiger partial charge on any atom is -0.369 e. The molecule has 1 saturated heterocycles. The highest BCUT2D eigenvalue weighted by atomic mass is 35.5. The van der Waals surface area contributed by atoms with Crippen LogP contribution in [0.1, 0.15) is 17.5 Å². The average molecular weight is 440 g/mol. The molecular weight excluding hydrogens is 414 g/mol. The van der Waals surface area contributed by atoms with Crippen LogP contribution in [0.5, 0.6) is 0 Å². The first-order valence-electron chi connectivity index (χ1n) is 10.3. The first kappa shape index (κ1) is 22.6. The molecule has 0 aromatic heterocycles. The smallest absolute Gasteiger partial charge is 0.313 e. The minimum absolute atomic E-state index is 0.218. The fraction of sp³-hybridized carbons (Fsp3) is 0.348. The van der Waals surface area contributed by atoms with Gasteiger partial charge in [-0.05, 0) is 55.8 Å². The van der Waals surface area contributed by atoms with Crippen LogP contribution in [0, 0.1) is 11.3 Å². The van der Waals surface area contributed by atoms with E-state index in [-0.39, 0.29) is 11.3 Å². The van der Waals surface area contributed by atoms with E-state index in [2.05, 4.69) is 51.7 Å². The number of aryl methyl sites for hydroxylation is 1. The molecular formula is C23H26ClN5O2. The normalized spacial score (nSPS) is 14.0. The first-order valence-corrected chi connectivity index (χ1v) is 10.7. The molecule has 0 bridgehead atoms. The van der Waals surface area contributed by atoms with Gasteiger partial charge in [0.05, 0.1) is 11.3 Å². The predicted molar refractivity (Wildman–Crippen MR) is 122 cm³/mol. The van der Waals surface area contributed by atoms with E-state index in [9.17, 15) is 9.59 Å². The molecule has 0 saturated carbocycles.